The van der Waals surface area contributed by atoms with Crippen molar-refractivity contribution in [1.82, 2.24) is 14.7 Å². The summed E-state index contributed by atoms with van der Waals surface area (Å²) < 4.78 is 57.8. The van der Waals surface area contributed by atoms with E-state index in [0.717, 1.165) is 29.7 Å². The number of hydrogen-bond donors (Lipinski definition) is 1. The molecule has 5 rings (SSSR count). The lowest BCUT2D eigenvalue weighted by Crippen LogP contribution is -2.33. The van der Waals surface area contributed by atoms with Gasteiger partial charge in [-0.15, -0.1) is 13.2 Å². The number of anilines is 1. The van der Waals surface area contributed by atoms with Gasteiger partial charge in [-0.25, -0.2) is 9.37 Å². The van der Waals surface area contributed by atoms with Crippen molar-refractivity contribution in [2.24, 2.45) is 0 Å². The summed E-state index contributed by atoms with van der Waals surface area (Å²) >= 11 is 0. The number of ether oxygens (including phenoxy) is 1. The van der Waals surface area contributed by atoms with Gasteiger partial charge in [-0.1, -0.05) is 18.2 Å². The van der Waals surface area contributed by atoms with Crippen LogP contribution >= 0.6 is 0 Å². The molecular weight excluding hydrogens is 512 g/mol. The molecular formula is C29H28F4N4O2. The molecule has 0 unspecified atom stereocenters. The lowest BCUT2D eigenvalue weighted by molar-refractivity contribution is -0.274. The van der Waals surface area contributed by atoms with Crippen LogP contribution in [0.2, 0.25) is 0 Å². The van der Waals surface area contributed by atoms with Crippen molar-refractivity contribution in [2.75, 3.05) is 18.0 Å². The maximum absolute atomic E-state index is 15.0. The predicted molar refractivity (Wildman–Crippen MR) is 140 cm³/mol. The van der Waals surface area contributed by atoms with Gasteiger partial charge in [0.2, 0.25) is 0 Å². The van der Waals surface area contributed by atoms with Gasteiger partial charge in [0.25, 0.3) is 5.91 Å². The van der Waals surface area contributed by atoms with E-state index in [2.05, 4.69) is 19.9 Å². The number of aromatic nitrogens is 2. The highest BCUT2D eigenvalue weighted by Crippen LogP contribution is 2.33. The minimum absolute atomic E-state index is 0.0413. The van der Waals surface area contributed by atoms with Crippen molar-refractivity contribution in [1.29, 1.82) is 0 Å². The second-order valence-electron chi connectivity index (χ2n) is 9.81. The third kappa shape index (κ3) is 6.00. The van der Waals surface area contributed by atoms with Crippen LogP contribution in [0.15, 0.2) is 60.8 Å². The molecule has 204 valence electrons. The molecule has 1 N–H and O–H groups in total. The molecule has 0 aliphatic carbocycles. The molecule has 4 aromatic rings. The van der Waals surface area contributed by atoms with Crippen molar-refractivity contribution in [2.45, 2.75) is 45.5 Å². The number of nitrogens with one attached hydrogen (secondary N) is 1. The zero-order valence-corrected chi connectivity index (χ0v) is 21.6. The van der Waals surface area contributed by atoms with Gasteiger partial charge in [0.15, 0.2) is 0 Å². The second-order valence-corrected chi connectivity index (χ2v) is 9.81. The number of carbonyl (C=O) groups is 1. The van der Waals surface area contributed by atoms with Crippen molar-refractivity contribution >= 4 is 17.2 Å². The van der Waals surface area contributed by atoms with E-state index in [1.165, 1.54) is 18.2 Å². The smallest absolute Gasteiger partial charge is 0.406 e. The Labute approximate surface area is 223 Å². The number of fused-ring (bicyclic) bond motifs is 1. The van der Waals surface area contributed by atoms with Gasteiger partial charge in [-0.3, -0.25) is 9.20 Å². The molecule has 1 amide bonds. The minimum Gasteiger partial charge on any atom is -0.406 e. The third-order valence-corrected chi connectivity index (χ3v) is 7.09. The Morgan fingerprint density at radius 3 is 2.44 bits per heavy atom. The molecule has 0 bridgehead atoms. The number of imidazole rings is 1. The first-order valence-corrected chi connectivity index (χ1v) is 12.7. The number of piperidine rings is 1. The molecule has 2 aromatic carbocycles. The Bertz CT molecular complexity index is 1490. The first kappa shape index (κ1) is 26.5. The summed E-state index contributed by atoms with van der Waals surface area (Å²) in [5, 5.41) is 2.80. The van der Waals surface area contributed by atoms with Crippen LogP contribution in [0.3, 0.4) is 0 Å². The average Bonchev–Trinajstić information content (AvgIpc) is 3.22. The molecule has 1 aliphatic heterocycles. The van der Waals surface area contributed by atoms with Gasteiger partial charge in [-0.2, -0.15) is 0 Å². The average molecular weight is 541 g/mol. The van der Waals surface area contributed by atoms with Gasteiger partial charge in [-0.05, 0) is 80.1 Å². The largest absolute Gasteiger partial charge is 0.573 e. The molecule has 3 heterocycles. The van der Waals surface area contributed by atoms with E-state index < -0.39 is 12.2 Å². The van der Waals surface area contributed by atoms with Crippen molar-refractivity contribution in [3.63, 3.8) is 0 Å². The van der Waals surface area contributed by atoms with Crippen molar-refractivity contribution < 1.29 is 27.1 Å². The number of alkyl halides is 3. The number of halogens is 4. The number of aryl methyl sites for hydroxylation is 2. The minimum atomic E-state index is -4.71. The Kier molecular flexibility index (Phi) is 7.20. The van der Waals surface area contributed by atoms with Crippen LogP contribution in [0.25, 0.3) is 5.65 Å². The first-order valence-electron chi connectivity index (χ1n) is 12.7. The SMILES string of the molecule is Cc1ccn2c(C(=O)NCc3ccc(N4CCC(c5ccc(OC(F)(F)F)cc5)CC4)cc3F)c(C)nc2c1. The molecule has 10 heteroatoms. The van der Waals surface area contributed by atoms with Gasteiger partial charge in [0.05, 0.1) is 5.69 Å². The Balaban J connectivity index is 1.18. The van der Waals surface area contributed by atoms with E-state index in [1.54, 1.807) is 35.7 Å². The maximum Gasteiger partial charge on any atom is 0.573 e. The fourth-order valence-corrected chi connectivity index (χ4v) is 5.09. The van der Waals surface area contributed by atoms with Gasteiger partial charge in [0.1, 0.15) is 22.9 Å². The normalized spacial score (nSPS) is 14.6. The van der Waals surface area contributed by atoms with Crippen LogP contribution in [0.1, 0.15) is 51.6 Å². The molecule has 1 aliphatic rings. The van der Waals surface area contributed by atoms with Crippen LogP contribution in [0, 0.1) is 19.7 Å². The summed E-state index contributed by atoms with van der Waals surface area (Å²) in [6, 6.07) is 14.8. The summed E-state index contributed by atoms with van der Waals surface area (Å²) in [6.45, 7) is 5.14. The molecule has 6 nitrogen and oxygen atoms in total. The fourth-order valence-electron chi connectivity index (χ4n) is 5.09. The monoisotopic (exact) mass is 540 g/mol. The van der Waals surface area contributed by atoms with E-state index in [-0.39, 0.29) is 24.1 Å². The molecule has 0 spiro atoms. The number of rotatable bonds is 6. The summed E-state index contributed by atoms with van der Waals surface area (Å²) in [5.41, 5.74) is 4.84. The van der Waals surface area contributed by atoms with Gasteiger partial charge in [0, 0.05) is 37.1 Å². The van der Waals surface area contributed by atoms with E-state index >= 15 is 0 Å². The quantitative estimate of drug-likeness (QED) is 0.292. The Hall–Kier alpha value is -4.08. The van der Waals surface area contributed by atoms with Crippen molar-refractivity contribution in [3.8, 4) is 5.75 Å². The van der Waals surface area contributed by atoms with Gasteiger partial charge < -0.3 is 15.0 Å². The first-order chi connectivity index (χ1) is 18.6. The second kappa shape index (κ2) is 10.6. The van der Waals surface area contributed by atoms with Crippen molar-refractivity contribution in [3.05, 3.63) is 94.7 Å². The number of amides is 1. The summed E-state index contributed by atoms with van der Waals surface area (Å²) in [5.74, 6) is -0.764. The van der Waals surface area contributed by atoms with Gasteiger partial charge >= 0.3 is 6.36 Å². The number of benzene rings is 2. The lowest BCUT2D eigenvalue weighted by Gasteiger charge is -2.34. The Morgan fingerprint density at radius 1 is 1.05 bits per heavy atom. The number of hydrogen-bond acceptors (Lipinski definition) is 4. The number of pyridine rings is 1. The molecule has 1 saturated heterocycles. The number of nitrogens with zero attached hydrogens (tertiary/aromatic N) is 3. The summed E-state index contributed by atoms with van der Waals surface area (Å²) in [4.78, 5) is 19.4. The molecule has 0 saturated carbocycles. The zero-order valence-electron chi connectivity index (χ0n) is 21.6. The van der Waals surface area contributed by atoms with E-state index in [1.807, 2.05) is 25.1 Å². The third-order valence-electron chi connectivity index (χ3n) is 7.09. The van der Waals surface area contributed by atoms with E-state index in [9.17, 15) is 22.4 Å². The molecule has 2 aromatic heterocycles. The molecule has 0 radical (unpaired) electrons. The standard InChI is InChI=1S/C29H28F4N4O2/c1-18-9-14-37-26(15-18)35-19(2)27(37)28(38)34-17-22-3-6-23(16-25(22)30)36-12-10-21(11-13-36)20-4-7-24(8-5-20)39-29(31,32)33/h3-9,14-16,21H,10-13,17H2,1-2H3,(H,34,38). The zero-order chi connectivity index (χ0) is 27.7. The highest BCUT2D eigenvalue weighted by molar-refractivity contribution is 5.94. The Morgan fingerprint density at radius 2 is 1.77 bits per heavy atom. The number of carbonyl (C=O) groups excluding carboxylic acids is 1. The van der Waals surface area contributed by atoms with Crippen LogP contribution < -0.4 is 15.0 Å². The van der Waals surface area contributed by atoms with E-state index in [0.29, 0.717) is 35.7 Å². The molecule has 1 fully saturated rings. The van der Waals surface area contributed by atoms with Crippen LogP contribution in [0.4, 0.5) is 23.2 Å². The van der Waals surface area contributed by atoms with E-state index in [4.69, 9.17) is 0 Å². The lowest BCUT2D eigenvalue weighted by atomic mass is 9.89. The molecule has 0 atom stereocenters. The fraction of sp³-hybridized carbons (Fsp3) is 0.310. The highest BCUT2D eigenvalue weighted by atomic mass is 19.4. The highest BCUT2D eigenvalue weighted by Gasteiger charge is 2.31. The molecule has 39 heavy (non-hydrogen) atoms. The van der Waals surface area contributed by atoms with Crippen LogP contribution in [-0.4, -0.2) is 34.7 Å². The maximum atomic E-state index is 15.0. The summed E-state index contributed by atoms with van der Waals surface area (Å²) in [6.07, 6.45) is -1.33. The summed E-state index contributed by atoms with van der Waals surface area (Å²) in [7, 11) is 0. The van der Waals surface area contributed by atoms with Crippen LogP contribution in [-0.2, 0) is 6.54 Å². The predicted octanol–water partition coefficient (Wildman–Crippen LogP) is 6.30. The topological polar surface area (TPSA) is 58.9 Å². The van der Waals surface area contributed by atoms with Crippen LogP contribution in [0.5, 0.6) is 5.75 Å².